The lowest BCUT2D eigenvalue weighted by molar-refractivity contribution is -0.0659. The smallest absolute Gasteiger partial charge is 0.410 e. The summed E-state index contributed by atoms with van der Waals surface area (Å²) < 4.78 is 10.7. The first-order valence-corrected chi connectivity index (χ1v) is 7.93. The van der Waals surface area contributed by atoms with Gasteiger partial charge in [-0.3, -0.25) is 0 Å². The summed E-state index contributed by atoms with van der Waals surface area (Å²) >= 11 is 0. The van der Waals surface area contributed by atoms with Gasteiger partial charge in [0, 0.05) is 25.6 Å². The van der Waals surface area contributed by atoms with Crippen molar-refractivity contribution in [2.24, 2.45) is 5.92 Å². The first-order valence-electron chi connectivity index (χ1n) is 7.93. The van der Waals surface area contributed by atoms with Crippen LogP contribution in [0.4, 0.5) is 4.79 Å². The monoisotopic (exact) mass is 305 g/mol. The highest BCUT2D eigenvalue weighted by molar-refractivity contribution is 5.67. The Balaban J connectivity index is 1.47. The predicted octanol–water partition coefficient (Wildman–Crippen LogP) is 2.19. The maximum atomic E-state index is 12.1. The molecule has 0 bridgehead atoms. The molecule has 0 saturated carbocycles. The Labute approximate surface area is 130 Å². The molecule has 2 saturated heterocycles. The minimum absolute atomic E-state index is 0.204. The van der Waals surface area contributed by atoms with Crippen LogP contribution in [-0.4, -0.2) is 48.0 Å². The van der Waals surface area contributed by atoms with E-state index in [0.29, 0.717) is 32.5 Å². The maximum absolute atomic E-state index is 12.1. The SMILES string of the molecule is O=C(OCc1ccccc1)N1CCC(O)(C2CCOC2)CC1. The van der Waals surface area contributed by atoms with Gasteiger partial charge in [0.05, 0.1) is 12.2 Å². The Hall–Kier alpha value is -1.59. The molecule has 5 nitrogen and oxygen atoms in total. The van der Waals surface area contributed by atoms with Crippen molar-refractivity contribution >= 4 is 6.09 Å². The van der Waals surface area contributed by atoms with Crippen molar-refractivity contribution in [1.82, 2.24) is 4.90 Å². The van der Waals surface area contributed by atoms with Gasteiger partial charge in [0.15, 0.2) is 0 Å². The molecular formula is C17H23NO4. The van der Waals surface area contributed by atoms with Crippen LogP contribution in [0, 0.1) is 5.92 Å². The van der Waals surface area contributed by atoms with Crippen molar-refractivity contribution < 1.29 is 19.4 Å². The molecule has 3 rings (SSSR count). The van der Waals surface area contributed by atoms with Crippen LogP contribution >= 0.6 is 0 Å². The number of carbonyl (C=O) groups is 1. The number of aliphatic hydroxyl groups is 1. The fraction of sp³-hybridized carbons (Fsp3) is 0.588. The van der Waals surface area contributed by atoms with Crippen molar-refractivity contribution in [3.05, 3.63) is 35.9 Å². The fourth-order valence-corrected chi connectivity index (χ4v) is 3.25. The highest BCUT2D eigenvalue weighted by Crippen LogP contribution is 2.34. The van der Waals surface area contributed by atoms with Gasteiger partial charge in [-0.2, -0.15) is 0 Å². The Morgan fingerprint density at radius 3 is 2.68 bits per heavy atom. The van der Waals surface area contributed by atoms with Crippen molar-refractivity contribution in [2.45, 2.75) is 31.5 Å². The molecule has 2 heterocycles. The fourth-order valence-electron chi connectivity index (χ4n) is 3.25. The molecule has 1 aromatic rings. The predicted molar refractivity (Wildman–Crippen MR) is 81.3 cm³/mol. The molecule has 0 radical (unpaired) electrons. The molecule has 1 amide bonds. The second-order valence-corrected chi connectivity index (χ2v) is 6.19. The number of rotatable bonds is 3. The molecule has 2 fully saturated rings. The summed E-state index contributed by atoms with van der Waals surface area (Å²) in [4.78, 5) is 13.8. The van der Waals surface area contributed by atoms with E-state index in [9.17, 15) is 9.90 Å². The molecule has 2 aliphatic rings. The van der Waals surface area contributed by atoms with Crippen molar-refractivity contribution in [2.75, 3.05) is 26.3 Å². The maximum Gasteiger partial charge on any atom is 0.410 e. The molecule has 0 aromatic heterocycles. The number of benzene rings is 1. The van der Waals surface area contributed by atoms with Crippen molar-refractivity contribution in [1.29, 1.82) is 0 Å². The molecule has 5 heteroatoms. The van der Waals surface area contributed by atoms with Crippen LogP contribution in [-0.2, 0) is 16.1 Å². The Morgan fingerprint density at radius 1 is 1.32 bits per heavy atom. The third kappa shape index (κ3) is 3.42. The van der Waals surface area contributed by atoms with Gasteiger partial charge < -0.3 is 19.5 Å². The van der Waals surface area contributed by atoms with Crippen LogP contribution in [0.1, 0.15) is 24.8 Å². The van der Waals surface area contributed by atoms with Gasteiger partial charge >= 0.3 is 6.09 Å². The summed E-state index contributed by atoms with van der Waals surface area (Å²) in [6.45, 7) is 2.74. The third-order valence-electron chi connectivity index (χ3n) is 4.78. The summed E-state index contributed by atoms with van der Waals surface area (Å²) in [5.41, 5.74) is 0.291. The lowest BCUT2D eigenvalue weighted by Crippen LogP contribution is -2.50. The van der Waals surface area contributed by atoms with Gasteiger partial charge in [-0.25, -0.2) is 4.79 Å². The second-order valence-electron chi connectivity index (χ2n) is 6.19. The number of piperidine rings is 1. The van der Waals surface area contributed by atoms with Gasteiger partial charge in [0.1, 0.15) is 6.61 Å². The van der Waals surface area contributed by atoms with Crippen molar-refractivity contribution in [3.8, 4) is 0 Å². The van der Waals surface area contributed by atoms with E-state index in [2.05, 4.69) is 0 Å². The Morgan fingerprint density at radius 2 is 2.05 bits per heavy atom. The average Bonchev–Trinajstić information content (AvgIpc) is 3.10. The van der Waals surface area contributed by atoms with Crippen LogP contribution in [0.2, 0.25) is 0 Å². The zero-order chi connectivity index (χ0) is 15.4. The largest absolute Gasteiger partial charge is 0.445 e. The molecule has 1 N–H and O–H groups in total. The number of hydrogen-bond donors (Lipinski definition) is 1. The second kappa shape index (κ2) is 6.67. The van der Waals surface area contributed by atoms with E-state index in [1.165, 1.54) is 0 Å². The molecule has 1 atom stereocenters. The van der Waals surface area contributed by atoms with E-state index < -0.39 is 5.60 Å². The standard InChI is InChI=1S/C17H23NO4/c19-16(22-12-14-4-2-1-3-5-14)18-9-7-17(20,8-10-18)15-6-11-21-13-15/h1-5,15,20H,6-13H2. The minimum Gasteiger partial charge on any atom is -0.445 e. The number of carbonyl (C=O) groups excluding carboxylic acids is 1. The zero-order valence-corrected chi connectivity index (χ0v) is 12.7. The number of nitrogens with zero attached hydrogens (tertiary/aromatic N) is 1. The summed E-state index contributed by atoms with van der Waals surface area (Å²) in [5.74, 6) is 0.204. The normalized spacial score (nSPS) is 24.2. The number of hydrogen-bond acceptors (Lipinski definition) is 4. The first kappa shape index (κ1) is 15.3. The number of likely N-dealkylation sites (tertiary alicyclic amines) is 1. The average molecular weight is 305 g/mol. The Bertz CT molecular complexity index is 491. The molecule has 0 spiro atoms. The van der Waals surface area contributed by atoms with Gasteiger partial charge in [-0.05, 0) is 24.8 Å². The van der Waals surface area contributed by atoms with Crippen LogP contribution < -0.4 is 0 Å². The van der Waals surface area contributed by atoms with Crippen LogP contribution in [0.5, 0.6) is 0 Å². The van der Waals surface area contributed by atoms with Gasteiger partial charge in [-0.1, -0.05) is 30.3 Å². The molecule has 22 heavy (non-hydrogen) atoms. The van der Waals surface area contributed by atoms with E-state index in [4.69, 9.17) is 9.47 Å². The van der Waals surface area contributed by atoms with E-state index in [1.807, 2.05) is 30.3 Å². The van der Waals surface area contributed by atoms with Crippen LogP contribution in [0.15, 0.2) is 30.3 Å². The summed E-state index contributed by atoms with van der Waals surface area (Å²) in [7, 11) is 0. The van der Waals surface area contributed by atoms with Gasteiger partial charge in [-0.15, -0.1) is 0 Å². The third-order valence-corrected chi connectivity index (χ3v) is 4.78. The number of amides is 1. The van der Waals surface area contributed by atoms with Crippen LogP contribution in [0.3, 0.4) is 0 Å². The quantitative estimate of drug-likeness (QED) is 0.930. The number of ether oxygens (including phenoxy) is 2. The lowest BCUT2D eigenvalue weighted by atomic mass is 9.79. The molecule has 2 aliphatic heterocycles. The molecular weight excluding hydrogens is 282 g/mol. The minimum atomic E-state index is -0.688. The highest BCUT2D eigenvalue weighted by Gasteiger charge is 2.42. The van der Waals surface area contributed by atoms with E-state index in [-0.39, 0.29) is 18.6 Å². The molecule has 1 aromatic carbocycles. The van der Waals surface area contributed by atoms with E-state index in [0.717, 1.165) is 18.6 Å². The van der Waals surface area contributed by atoms with Crippen LogP contribution in [0.25, 0.3) is 0 Å². The van der Waals surface area contributed by atoms with Gasteiger partial charge in [0.2, 0.25) is 0 Å². The zero-order valence-electron chi connectivity index (χ0n) is 12.7. The Kier molecular flexibility index (Phi) is 4.64. The van der Waals surface area contributed by atoms with E-state index >= 15 is 0 Å². The van der Waals surface area contributed by atoms with E-state index in [1.54, 1.807) is 4.90 Å². The lowest BCUT2D eigenvalue weighted by Gasteiger charge is -2.40. The topological polar surface area (TPSA) is 59.0 Å². The molecule has 1 unspecified atom stereocenters. The molecule has 120 valence electrons. The first-order chi connectivity index (χ1) is 10.7. The summed E-state index contributed by atoms with van der Waals surface area (Å²) in [5, 5.41) is 10.7. The highest BCUT2D eigenvalue weighted by atomic mass is 16.6. The summed E-state index contributed by atoms with van der Waals surface area (Å²) in [6, 6.07) is 9.65. The summed E-state index contributed by atoms with van der Waals surface area (Å²) in [6.07, 6.45) is 1.81. The van der Waals surface area contributed by atoms with Crippen molar-refractivity contribution in [3.63, 3.8) is 0 Å². The van der Waals surface area contributed by atoms with Gasteiger partial charge in [0.25, 0.3) is 0 Å². The molecule has 0 aliphatic carbocycles.